The van der Waals surface area contributed by atoms with Gasteiger partial charge in [0.25, 0.3) is 5.91 Å². The van der Waals surface area contributed by atoms with Gasteiger partial charge in [-0.1, -0.05) is 30.3 Å². The van der Waals surface area contributed by atoms with E-state index in [4.69, 9.17) is 4.98 Å². The lowest BCUT2D eigenvalue weighted by Gasteiger charge is -2.54. The molecule has 1 N–H and O–H groups in total. The third kappa shape index (κ3) is 3.91. The number of sulfone groups is 1. The number of hydrogen-bond acceptors (Lipinski definition) is 7. The van der Waals surface area contributed by atoms with Crippen LogP contribution >= 0.6 is 0 Å². The summed E-state index contributed by atoms with van der Waals surface area (Å²) >= 11 is 0. The molecule has 0 radical (unpaired) electrons. The van der Waals surface area contributed by atoms with Crippen LogP contribution in [0, 0.1) is 0 Å². The van der Waals surface area contributed by atoms with Gasteiger partial charge in [-0.3, -0.25) is 9.59 Å². The van der Waals surface area contributed by atoms with Crippen molar-refractivity contribution in [3.05, 3.63) is 77.9 Å². The number of nitrogens with zero attached hydrogens (tertiary/aromatic N) is 4. The predicted molar refractivity (Wildman–Crippen MR) is 146 cm³/mol. The first-order valence-corrected chi connectivity index (χ1v) is 14.3. The van der Waals surface area contributed by atoms with E-state index in [9.17, 15) is 18.0 Å². The van der Waals surface area contributed by atoms with Crippen molar-refractivity contribution in [2.75, 3.05) is 41.0 Å². The highest BCUT2D eigenvalue weighted by atomic mass is 32.2. The van der Waals surface area contributed by atoms with Gasteiger partial charge in [-0.25, -0.2) is 13.4 Å². The first-order valence-electron chi connectivity index (χ1n) is 12.7. The molecule has 6 rings (SSSR count). The maximum Gasteiger partial charge on any atom is 0.253 e. The van der Waals surface area contributed by atoms with Gasteiger partial charge < -0.3 is 20.0 Å². The second-order valence-electron chi connectivity index (χ2n) is 10.3. The van der Waals surface area contributed by atoms with E-state index < -0.39 is 14.6 Å². The van der Waals surface area contributed by atoms with Gasteiger partial charge in [0.15, 0.2) is 15.7 Å². The molecule has 9 nitrogen and oxygen atoms in total. The highest BCUT2D eigenvalue weighted by Gasteiger charge is 2.60. The van der Waals surface area contributed by atoms with Crippen molar-refractivity contribution < 1.29 is 18.0 Å². The molecular formula is C28H29N5O4S. The second kappa shape index (κ2) is 8.83. The summed E-state index contributed by atoms with van der Waals surface area (Å²) in [4.78, 5) is 35.9. The summed E-state index contributed by atoms with van der Waals surface area (Å²) in [6, 6.07) is 20.4. The van der Waals surface area contributed by atoms with Crippen molar-refractivity contribution in [2.24, 2.45) is 0 Å². The fourth-order valence-corrected chi connectivity index (χ4v) is 7.24. The zero-order valence-electron chi connectivity index (χ0n) is 21.3. The maximum absolute atomic E-state index is 12.9. The molecule has 4 heterocycles. The molecule has 3 aromatic rings. The molecular weight excluding hydrogens is 502 g/mol. The van der Waals surface area contributed by atoms with Gasteiger partial charge in [-0.15, -0.1) is 0 Å². The second-order valence-corrected chi connectivity index (χ2v) is 12.8. The molecule has 2 amide bonds. The minimum absolute atomic E-state index is 0.0132. The van der Waals surface area contributed by atoms with E-state index in [1.54, 1.807) is 29.0 Å². The van der Waals surface area contributed by atoms with Crippen LogP contribution in [-0.4, -0.2) is 66.8 Å². The Balaban J connectivity index is 1.19. The van der Waals surface area contributed by atoms with E-state index in [0.717, 1.165) is 22.8 Å². The van der Waals surface area contributed by atoms with Crippen LogP contribution in [0.15, 0.2) is 66.7 Å². The number of likely N-dealkylation sites (N-methyl/N-ethyl adjacent to an activating group) is 1. The number of carbonyl (C=O) groups is 2. The van der Waals surface area contributed by atoms with Crippen LogP contribution in [-0.2, 0) is 21.2 Å². The molecule has 0 saturated carbocycles. The van der Waals surface area contributed by atoms with Crippen molar-refractivity contribution in [1.29, 1.82) is 0 Å². The molecule has 2 saturated heterocycles. The SMILES string of the molecule is C[C@@H]1C(=O)N(C)c2ccc(Nc3ccc(C(=O)N4CC5(CCS5(=O)=O)C4)cc3)nc2N1Cc1ccccc1. The maximum atomic E-state index is 12.9. The fourth-order valence-electron chi connectivity index (χ4n) is 5.42. The lowest BCUT2D eigenvalue weighted by molar-refractivity contribution is -0.119. The summed E-state index contributed by atoms with van der Waals surface area (Å²) in [5.74, 6) is 1.42. The van der Waals surface area contributed by atoms with E-state index in [1.165, 1.54) is 0 Å². The van der Waals surface area contributed by atoms with Crippen LogP contribution in [0.2, 0.25) is 0 Å². The molecule has 2 aromatic carbocycles. The van der Waals surface area contributed by atoms with Gasteiger partial charge in [0.05, 0.1) is 11.4 Å². The number of amides is 2. The average molecular weight is 532 g/mol. The lowest BCUT2D eigenvalue weighted by Crippen LogP contribution is -2.72. The highest BCUT2D eigenvalue weighted by molar-refractivity contribution is 7.94. The Morgan fingerprint density at radius 1 is 1.05 bits per heavy atom. The Bertz CT molecular complexity index is 1520. The Morgan fingerprint density at radius 2 is 1.76 bits per heavy atom. The molecule has 38 heavy (non-hydrogen) atoms. The van der Waals surface area contributed by atoms with E-state index in [-0.39, 0.29) is 36.7 Å². The van der Waals surface area contributed by atoms with Gasteiger partial charge in [0.1, 0.15) is 16.6 Å². The monoisotopic (exact) mass is 531 g/mol. The standard InChI is InChI=1S/C28H29N5O4S/c1-19-26(34)31(2)23-12-13-24(30-25(23)33(19)16-20-6-4-3-5-7-20)29-22-10-8-21(9-11-22)27(35)32-17-28(18-32)14-15-38(28,36)37/h3-13,19H,14-18H2,1-2H3,(H,29,30)/t19-/m1/s1. The van der Waals surface area contributed by atoms with Crippen molar-refractivity contribution in [1.82, 2.24) is 9.88 Å². The van der Waals surface area contributed by atoms with Crippen molar-refractivity contribution in [3.63, 3.8) is 0 Å². The van der Waals surface area contributed by atoms with Crippen LogP contribution in [0.5, 0.6) is 0 Å². The number of fused-ring (bicyclic) bond motifs is 1. The van der Waals surface area contributed by atoms with Gasteiger partial charge in [0.2, 0.25) is 5.91 Å². The van der Waals surface area contributed by atoms with Crippen molar-refractivity contribution in [2.45, 2.75) is 30.7 Å². The molecule has 0 aliphatic carbocycles. The quantitative estimate of drug-likeness (QED) is 0.539. The Hall–Kier alpha value is -3.92. The minimum Gasteiger partial charge on any atom is -0.340 e. The number of likely N-dealkylation sites (tertiary alicyclic amines) is 1. The molecule has 3 aliphatic rings. The summed E-state index contributed by atoms with van der Waals surface area (Å²) in [5, 5.41) is 3.30. The largest absolute Gasteiger partial charge is 0.340 e. The number of pyridine rings is 1. The average Bonchev–Trinajstić information content (AvgIpc) is 2.89. The fraction of sp³-hybridized carbons (Fsp3) is 0.321. The number of carbonyl (C=O) groups excluding carboxylic acids is 2. The number of rotatable bonds is 5. The molecule has 3 aliphatic heterocycles. The van der Waals surface area contributed by atoms with Crippen LogP contribution in [0.3, 0.4) is 0 Å². The summed E-state index contributed by atoms with van der Waals surface area (Å²) in [6.45, 7) is 3.01. The molecule has 1 atom stereocenters. The summed E-state index contributed by atoms with van der Waals surface area (Å²) in [7, 11) is -1.28. The molecule has 1 spiro atoms. The first-order chi connectivity index (χ1) is 18.2. The number of aromatic nitrogens is 1. The van der Waals surface area contributed by atoms with Crippen LogP contribution < -0.4 is 15.1 Å². The number of benzene rings is 2. The normalized spacial score (nSPS) is 20.9. The lowest BCUT2D eigenvalue weighted by atomic mass is 9.93. The number of hydrogen-bond donors (Lipinski definition) is 1. The highest BCUT2D eigenvalue weighted by Crippen LogP contribution is 2.42. The number of anilines is 4. The molecule has 0 bridgehead atoms. The molecule has 1 aromatic heterocycles. The molecule has 10 heteroatoms. The van der Waals surface area contributed by atoms with Gasteiger partial charge in [0, 0.05) is 37.9 Å². The van der Waals surface area contributed by atoms with Crippen molar-refractivity contribution >= 4 is 44.7 Å². The smallest absolute Gasteiger partial charge is 0.253 e. The summed E-state index contributed by atoms with van der Waals surface area (Å²) in [5.41, 5.74) is 3.12. The third-order valence-corrected chi connectivity index (χ3v) is 10.5. The Morgan fingerprint density at radius 3 is 2.39 bits per heavy atom. The van der Waals surface area contributed by atoms with Crippen molar-refractivity contribution in [3.8, 4) is 0 Å². The van der Waals surface area contributed by atoms with Crippen LogP contribution in [0.4, 0.5) is 23.0 Å². The zero-order valence-corrected chi connectivity index (χ0v) is 22.1. The Labute approximate surface area is 222 Å². The van der Waals surface area contributed by atoms with E-state index in [2.05, 4.69) is 5.32 Å². The van der Waals surface area contributed by atoms with Crippen LogP contribution in [0.1, 0.15) is 29.3 Å². The van der Waals surface area contributed by atoms with E-state index in [0.29, 0.717) is 24.3 Å². The van der Waals surface area contributed by atoms with E-state index in [1.807, 2.05) is 66.4 Å². The predicted octanol–water partition coefficient (Wildman–Crippen LogP) is 3.21. The van der Waals surface area contributed by atoms with Crippen LogP contribution in [0.25, 0.3) is 0 Å². The molecule has 0 unspecified atom stereocenters. The number of nitrogens with one attached hydrogen (secondary N) is 1. The first kappa shape index (κ1) is 24.4. The summed E-state index contributed by atoms with van der Waals surface area (Å²) < 4.78 is 23.3. The van der Waals surface area contributed by atoms with E-state index >= 15 is 0 Å². The molecule has 196 valence electrons. The molecule has 2 fully saturated rings. The topological polar surface area (TPSA) is 103 Å². The minimum atomic E-state index is -3.05. The Kier molecular flexibility index (Phi) is 5.68. The third-order valence-electron chi connectivity index (χ3n) is 7.97. The summed E-state index contributed by atoms with van der Waals surface area (Å²) in [6.07, 6.45) is 0.640. The zero-order chi connectivity index (χ0) is 26.7. The van der Waals surface area contributed by atoms with Gasteiger partial charge in [-0.2, -0.15) is 0 Å². The van der Waals surface area contributed by atoms with Gasteiger partial charge in [-0.05, 0) is 55.3 Å². The van der Waals surface area contributed by atoms with Gasteiger partial charge >= 0.3 is 0 Å².